The smallest absolute Gasteiger partial charge is 0.492 e. The molecular formula is C17H16ClF3N4O2. The molecule has 1 aromatic heterocycles. The van der Waals surface area contributed by atoms with E-state index in [2.05, 4.69) is 15.0 Å². The highest BCUT2D eigenvalue weighted by atomic mass is 35.5. The van der Waals surface area contributed by atoms with Crippen molar-refractivity contribution in [3.05, 3.63) is 41.4 Å². The van der Waals surface area contributed by atoms with Crippen LogP contribution in [0.4, 0.5) is 24.8 Å². The van der Waals surface area contributed by atoms with Gasteiger partial charge in [-0.2, -0.15) is 0 Å². The summed E-state index contributed by atoms with van der Waals surface area (Å²) in [5, 5.41) is 2.94. The van der Waals surface area contributed by atoms with Crippen LogP contribution in [0.1, 0.15) is 0 Å². The van der Waals surface area contributed by atoms with Crippen LogP contribution in [0.3, 0.4) is 0 Å². The summed E-state index contributed by atoms with van der Waals surface area (Å²) in [4.78, 5) is 4.45. The molecule has 0 unspecified atom stereocenters. The molecule has 0 aliphatic rings. The Bertz CT molecular complexity index is 959. The molecule has 144 valence electrons. The number of aryl methyl sites for hydroxylation is 1. The summed E-state index contributed by atoms with van der Waals surface area (Å²) < 4.78 is 47.8. The minimum atomic E-state index is -4.80. The Balaban J connectivity index is 1.56. The summed E-state index contributed by atoms with van der Waals surface area (Å²) in [7, 11) is 1.86. The van der Waals surface area contributed by atoms with Crippen molar-refractivity contribution in [3.63, 3.8) is 0 Å². The van der Waals surface area contributed by atoms with Gasteiger partial charge < -0.3 is 25.1 Å². The predicted octanol–water partition coefficient (Wildman–Crippen LogP) is 4.20. The largest absolute Gasteiger partial charge is 0.573 e. The summed E-state index contributed by atoms with van der Waals surface area (Å²) in [5.74, 6) is 0.494. The van der Waals surface area contributed by atoms with Crippen molar-refractivity contribution in [3.8, 4) is 11.5 Å². The fraction of sp³-hybridized carbons (Fsp3) is 0.235. The SMILES string of the molecule is Cn1c(NCCOc2ccc(OC(F)(F)F)c(Cl)c2)nc2ccc(N)cc21. The molecule has 6 nitrogen and oxygen atoms in total. The molecule has 1 heterocycles. The second kappa shape index (κ2) is 7.43. The van der Waals surface area contributed by atoms with Gasteiger partial charge >= 0.3 is 6.36 Å². The molecule has 3 N–H and O–H groups in total. The summed E-state index contributed by atoms with van der Waals surface area (Å²) in [6, 6.07) is 9.16. The van der Waals surface area contributed by atoms with Crippen LogP contribution >= 0.6 is 11.6 Å². The van der Waals surface area contributed by atoms with E-state index in [9.17, 15) is 13.2 Å². The lowest BCUT2D eigenvalue weighted by atomic mass is 10.3. The number of nitrogens with zero attached hydrogens (tertiary/aromatic N) is 2. The summed E-state index contributed by atoms with van der Waals surface area (Å²) in [5.41, 5.74) is 8.13. The number of hydrogen-bond donors (Lipinski definition) is 2. The topological polar surface area (TPSA) is 74.3 Å². The molecule has 0 saturated heterocycles. The van der Waals surface area contributed by atoms with E-state index >= 15 is 0 Å². The number of fused-ring (bicyclic) bond motifs is 1. The van der Waals surface area contributed by atoms with Crippen LogP contribution in [-0.4, -0.2) is 29.1 Å². The van der Waals surface area contributed by atoms with Crippen molar-refractivity contribution >= 4 is 34.3 Å². The van der Waals surface area contributed by atoms with Crippen molar-refractivity contribution in [2.75, 3.05) is 24.2 Å². The first kappa shape index (κ1) is 19.0. The Morgan fingerprint density at radius 1 is 1.22 bits per heavy atom. The summed E-state index contributed by atoms with van der Waals surface area (Å²) in [6.45, 7) is 0.673. The summed E-state index contributed by atoms with van der Waals surface area (Å²) in [6.07, 6.45) is -4.80. The first-order valence-electron chi connectivity index (χ1n) is 7.87. The van der Waals surface area contributed by atoms with Gasteiger partial charge in [-0.3, -0.25) is 0 Å². The molecule has 0 fully saturated rings. The number of hydrogen-bond acceptors (Lipinski definition) is 5. The third-order valence-corrected chi connectivity index (χ3v) is 3.98. The maximum Gasteiger partial charge on any atom is 0.573 e. The second-order valence-corrected chi connectivity index (χ2v) is 6.07. The van der Waals surface area contributed by atoms with Crippen molar-refractivity contribution < 1.29 is 22.6 Å². The second-order valence-electron chi connectivity index (χ2n) is 5.66. The molecule has 0 aliphatic carbocycles. The van der Waals surface area contributed by atoms with Gasteiger partial charge in [0.2, 0.25) is 5.95 Å². The van der Waals surface area contributed by atoms with Gasteiger partial charge in [-0.05, 0) is 30.3 Å². The highest BCUT2D eigenvalue weighted by Gasteiger charge is 2.32. The molecule has 0 amide bonds. The quantitative estimate of drug-likeness (QED) is 0.479. The number of imidazole rings is 1. The number of nitrogens with one attached hydrogen (secondary N) is 1. The van der Waals surface area contributed by atoms with Gasteiger partial charge in [-0.1, -0.05) is 11.6 Å². The van der Waals surface area contributed by atoms with Crippen molar-refractivity contribution in [2.45, 2.75) is 6.36 Å². The Morgan fingerprint density at radius 2 is 2.00 bits per heavy atom. The number of anilines is 2. The fourth-order valence-electron chi connectivity index (χ4n) is 2.48. The Kier molecular flexibility index (Phi) is 5.22. The van der Waals surface area contributed by atoms with Crippen LogP contribution in [0, 0.1) is 0 Å². The highest BCUT2D eigenvalue weighted by Crippen LogP contribution is 2.32. The van der Waals surface area contributed by atoms with E-state index in [1.807, 2.05) is 23.7 Å². The molecule has 3 rings (SSSR count). The van der Waals surface area contributed by atoms with E-state index in [-0.39, 0.29) is 11.6 Å². The number of halogens is 4. The Hall–Kier alpha value is -2.81. The maximum absolute atomic E-state index is 12.2. The lowest BCUT2D eigenvalue weighted by Gasteiger charge is -2.12. The maximum atomic E-state index is 12.2. The number of benzene rings is 2. The van der Waals surface area contributed by atoms with Crippen LogP contribution < -0.4 is 20.5 Å². The van der Waals surface area contributed by atoms with Gasteiger partial charge in [0, 0.05) is 18.8 Å². The first-order chi connectivity index (χ1) is 12.7. The molecule has 27 heavy (non-hydrogen) atoms. The lowest BCUT2D eigenvalue weighted by Crippen LogP contribution is -2.17. The van der Waals surface area contributed by atoms with Crippen LogP contribution in [-0.2, 0) is 7.05 Å². The van der Waals surface area contributed by atoms with Gasteiger partial charge in [-0.25, -0.2) is 4.98 Å². The minimum absolute atomic E-state index is 0.189. The third kappa shape index (κ3) is 4.68. The minimum Gasteiger partial charge on any atom is -0.492 e. The number of ether oxygens (including phenoxy) is 2. The van der Waals surface area contributed by atoms with Gasteiger partial charge in [0.05, 0.1) is 22.6 Å². The molecule has 0 spiro atoms. The lowest BCUT2D eigenvalue weighted by molar-refractivity contribution is -0.274. The zero-order chi connectivity index (χ0) is 19.6. The van der Waals surface area contributed by atoms with E-state index in [4.69, 9.17) is 22.1 Å². The zero-order valence-corrected chi connectivity index (χ0v) is 14.9. The third-order valence-electron chi connectivity index (χ3n) is 3.69. The van der Waals surface area contributed by atoms with E-state index < -0.39 is 12.1 Å². The molecule has 0 radical (unpaired) electrons. The average molecular weight is 401 g/mol. The normalized spacial score (nSPS) is 11.6. The van der Waals surface area contributed by atoms with Gasteiger partial charge in [0.15, 0.2) is 0 Å². The molecule has 2 aromatic carbocycles. The molecule has 3 aromatic rings. The number of aromatic nitrogens is 2. The molecule has 10 heteroatoms. The van der Waals surface area contributed by atoms with Crippen LogP contribution in [0.25, 0.3) is 11.0 Å². The molecule has 0 bridgehead atoms. The van der Waals surface area contributed by atoms with Crippen LogP contribution in [0.15, 0.2) is 36.4 Å². The Labute approximate surface area is 157 Å². The van der Waals surface area contributed by atoms with Crippen molar-refractivity contribution in [2.24, 2.45) is 7.05 Å². The molecular weight excluding hydrogens is 385 g/mol. The van der Waals surface area contributed by atoms with Crippen molar-refractivity contribution in [1.29, 1.82) is 0 Å². The van der Waals surface area contributed by atoms with E-state index in [0.717, 1.165) is 17.1 Å². The number of nitrogens with two attached hydrogens (primary N) is 1. The first-order valence-corrected chi connectivity index (χ1v) is 8.24. The van der Waals surface area contributed by atoms with E-state index in [1.54, 1.807) is 6.07 Å². The fourth-order valence-corrected chi connectivity index (χ4v) is 2.68. The van der Waals surface area contributed by atoms with E-state index in [0.29, 0.717) is 23.9 Å². The van der Waals surface area contributed by atoms with Crippen LogP contribution in [0.5, 0.6) is 11.5 Å². The van der Waals surface area contributed by atoms with E-state index in [1.165, 1.54) is 12.1 Å². The number of alkyl halides is 3. The van der Waals surface area contributed by atoms with Crippen LogP contribution in [0.2, 0.25) is 5.02 Å². The number of nitrogen functional groups attached to an aromatic ring is 1. The van der Waals surface area contributed by atoms with Gasteiger partial charge in [-0.15, -0.1) is 13.2 Å². The predicted molar refractivity (Wildman–Crippen MR) is 97.2 cm³/mol. The van der Waals surface area contributed by atoms with Gasteiger partial charge in [0.25, 0.3) is 0 Å². The summed E-state index contributed by atoms with van der Waals surface area (Å²) >= 11 is 5.78. The Morgan fingerprint density at radius 3 is 2.70 bits per heavy atom. The molecule has 0 atom stereocenters. The highest BCUT2D eigenvalue weighted by molar-refractivity contribution is 6.32. The monoisotopic (exact) mass is 400 g/mol. The van der Waals surface area contributed by atoms with Gasteiger partial charge in [0.1, 0.15) is 18.1 Å². The standard InChI is InChI=1S/C17H16ClF3N4O2/c1-25-14-8-10(22)2-4-13(14)24-16(25)23-6-7-26-11-3-5-15(12(18)9-11)27-17(19,20)21/h2-5,8-9H,6-7,22H2,1H3,(H,23,24). The molecule has 0 saturated carbocycles. The number of rotatable bonds is 6. The average Bonchev–Trinajstić information content (AvgIpc) is 2.89. The molecule has 0 aliphatic heterocycles. The zero-order valence-electron chi connectivity index (χ0n) is 14.2. The van der Waals surface area contributed by atoms with Crippen molar-refractivity contribution in [1.82, 2.24) is 9.55 Å².